The molecule has 0 saturated carbocycles. The van der Waals surface area contributed by atoms with Crippen LogP contribution in [0.2, 0.25) is 0 Å². The zero-order valence-corrected chi connectivity index (χ0v) is 9.46. The molecule has 2 aromatic rings. The summed E-state index contributed by atoms with van der Waals surface area (Å²) in [6, 6.07) is 6.39. The predicted octanol–water partition coefficient (Wildman–Crippen LogP) is 3.29. The number of aromatic nitrogens is 1. The minimum atomic E-state index is 1.14. The molecule has 3 heterocycles. The van der Waals surface area contributed by atoms with Gasteiger partial charge in [0.25, 0.3) is 0 Å². The van der Waals surface area contributed by atoms with E-state index in [0.717, 1.165) is 5.52 Å². The van der Waals surface area contributed by atoms with Crippen molar-refractivity contribution in [3.63, 3.8) is 0 Å². The normalized spacial score (nSPS) is 17.2. The lowest BCUT2D eigenvalue weighted by Gasteiger charge is -2.26. The molecule has 0 aliphatic carbocycles. The molecule has 78 valence electrons. The van der Waals surface area contributed by atoms with Gasteiger partial charge in [0.05, 0.1) is 15.2 Å². The van der Waals surface area contributed by atoms with Crippen molar-refractivity contribution < 1.29 is 0 Å². The summed E-state index contributed by atoms with van der Waals surface area (Å²) in [4.78, 5) is 6.88. The van der Waals surface area contributed by atoms with Crippen LogP contribution in [0.4, 0.5) is 5.00 Å². The Morgan fingerprint density at radius 1 is 1.20 bits per heavy atom. The van der Waals surface area contributed by atoms with E-state index in [1.807, 2.05) is 23.6 Å². The minimum Gasteiger partial charge on any atom is -0.363 e. The van der Waals surface area contributed by atoms with Gasteiger partial charge >= 0.3 is 0 Å². The van der Waals surface area contributed by atoms with Crippen molar-refractivity contribution in [3.8, 4) is 0 Å². The largest absolute Gasteiger partial charge is 0.363 e. The molecular weight excluding hydrogens is 204 g/mol. The molecule has 0 atom stereocenters. The smallest absolute Gasteiger partial charge is 0.0937 e. The number of anilines is 1. The maximum absolute atomic E-state index is 4.38. The van der Waals surface area contributed by atoms with Crippen LogP contribution < -0.4 is 4.90 Å². The number of thiophene rings is 1. The predicted molar refractivity (Wildman–Crippen MR) is 65.7 cm³/mol. The second kappa shape index (κ2) is 3.81. The second-order valence-corrected chi connectivity index (χ2v) is 5.08. The molecule has 3 heteroatoms. The molecule has 1 saturated heterocycles. The van der Waals surface area contributed by atoms with E-state index in [4.69, 9.17) is 0 Å². The summed E-state index contributed by atoms with van der Waals surface area (Å²) in [5.74, 6) is 0. The highest BCUT2D eigenvalue weighted by Crippen LogP contribution is 2.32. The lowest BCUT2D eigenvalue weighted by atomic mass is 10.1. The first-order valence-electron chi connectivity index (χ1n) is 5.53. The van der Waals surface area contributed by atoms with Crippen LogP contribution in [0, 0.1) is 0 Å². The molecule has 0 spiro atoms. The Balaban J connectivity index is 1.96. The molecule has 1 fully saturated rings. The van der Waals surface area contributed by atoms with E-state index in [9.17, 15) is 0 Å². The van der Waals surface area contributed by atoms with Crippen molar-refractivity contribution in [2.24, 2.45) is 0 Å². The van der Waals surface area contributed by atoms with Crippen LogP contribution in [0.1, 0.15) is 19.3 Å². The van der Waals surface area contributed by atoms with Gasteiger partial charge in [-0.3, -0.25) is 4.98 Å². The first kappa shape index (κ1) is 9.16. The number of nitrogens with zero attached hydrogens (tertiary/aromatic N) is 2. The summed E-state index contributed by atoms with van der Waals surface area (Å²) >= 11 is 1.87. The maximum atomic E-state index is 4.38. The van der Waals surface area contributed by atoms with Crippen LogP contribution in [0.3, 0.4) is 0 Å². The molecule has 2 nitrogen and oxygen atoms in total. The molecule has 0 aromatic carbocycles. The minimum absolute atomic E-state index is 1.14. The average molecular weight is 218 g/mol. The lowest BCUT2D eigenvalue weighted by molar-refractivity contribution is 0.580. The van der Waals surface area contributed by atoms with Gasteiger partial charge in [-0.25, -0.2) is 0 Å². The van der Waals surface area contributed by atoms with Gasteiger partial charge in [-0.15, -0.1) is 11.3 Å². The number of pyridine rings is 1. The van der Waals surface area contributed by atoms with Crippen LogP contribution in [0.15, 0.2) is 24.4 Å². The highest BCUT2D eigenvalue weighted by molar-refractivity contribution is 7.22. The molecule has 0 radical (unpaired) electrons. The maximum Gasteiger partial charge on any atom is 0.0937 e. The van der Waals surface area contributed by atoms with E-state index < -0.39 is 0 Å². The standard InChI is InChI=1S/C12H14N2S/c1-2-7-14(8-3-1)12-9-10-11(15-12)5-4-6-13-10/h4-6,9H,1-3,7-8H2. The average Bonchev–Trinajstić information content (AvgIpc) is 2.74. The van der Waals surface area contributed by atoms with Crippen LogP contribution >= 0.6 is 11.3 Å². The molecule has 0 amide bonds. The molecule has 15 heavy (non-hydrogen) atoms. The molecule has 1 aliphatic rings. The molecule has 0 N–H and O–H groups in total. The van der Waals surface area contributed by atoms with E-state index in [0.29, 0.717) is 0 Å². The van der Waals surface area contributed by atoms with E-state index >= 15 is 0 Å². The SMILES string of the molecule is c1cnc2cc(N3CCCCC3)sc2c1. The van der Waals surface area contributed by atoms with Gasteiger partial charge in [0, 0.05) is 19.3 Å². The molecule has 3 rings (SSSR count). The molecule has 0 unspecified atom stereocenters. The van der Waals surface area contributed by atoms with Crippen LogP contribution in [0.5, 0.6) is 0 Å². The molecule has 1 aliphatic heterocycles. The van der Waals surface area contributed by atoms with Crippen molar-refractivity contribution in [1.82, 2.24) is 4.98 Å². The topological polar surface area (TPSA) is 16.1 Å². The summed E-state index contributed by atoms with van der Waals surface area (Å²) in [7, 11) is 0. The number of piperidine rings is 1. The fraction of sp³-hybridized carbons (Fsp3) is 0.417. The van der Waals surface area contributed by atoms with E-state index in [1.54, 1.807) is 0 Å². The van der Waals surface area contributed by atoms with Gasteiger partial charge in [0.1, 0.15) is 0 Å². The Bertz CT molecular complexity index is 424. The summed E-state index contributed by atoms with van der Waals surface area (Å²) < 4.78 is 1.30. The van der Waals surface area contributed by atoms with Gasteiger partial charge in [0.2, 0.25) is 0 Å². The first-order valence-corrected chi connectivity index (χ1v) is 6.35. The number of hydrogen-bond donors (Lipinski definition) is 0. The van der Waals surface area contributed by atoms with E-state index in [-0.39, 0.29) is 0 Å². The van der Waals surface area contributed by atoms with E-state index in [2.05, 4.69) is 22.0 Å². The Kier molecular flexibility index (Phi) is 2.33. The lowest BCUT2D eigenvalue weighted by Crippen LogP contribution is -2.28. The Morgan fingerprint density at radius 2 is 2.07 bits per heavy atom. The molecule has 0 bridgehead atoms. The number of fused-ring (bicyclic) bond motifs is 1. The Hall–Kier alpha value is -1.09. The Labute approximate surface area is 93.6 Å². The zero-order valence-electron chi connectivity index (χ0n) is 8.65. The van der Waals surface area contributed by atoms with Crippen molar-refractivity contribution in [2.75, 3.05) is 18.0 Å². The summed E-state index contributed by atoms with van der Waals surface area (Å²) in [5.41, 5.74) is 1.14. The Morgan fingerprint density at radius 3 is 2.87 bits per heavy atom. The third-order valence-electron chi connectivity index (χ3n) is 2.94. The van der Waals surface area contributed by atoms with Gasteiger partial charge in [-0.05, 0) is 37.5 Å². The summed E-state index contributed by atoms with van der Waals surface area (Å²) in [5, 5.41) is 1.39. The van der Waals surface area contributed by atoms with Crippen molar-refractivity contribution in [3.05, 3.63) is 24.4 Å². The monoisotopic (exact) mass is 218 g/mol. The van der Waals surface area contributed by atoms with Gasteiger partial charge in [-0.2, -0.15) is 0 Å². The van der Waals surface area contributed by atoms with Gasteiger partial charge in [-0.1, -0.05) is 0 Å². The molecular formula is C12H14N2S. The highest BCUT2D eigenvalue weighted by Gasteiger charge is 2.13. The number of hydrogen-bond acceptors (Lipinski definition) is 3. The third-order valence-corrected chi connectivity index (χ3v) is 4.09. The van der Waals surface area contributed by atoms with Gasteiger partial charge < -0.3 is 4.90 Å². The zero-order chi connectivity index (χ0) is 10.1. The van der Waals surface area contributed by atoms with Gasteiger partial charge in [0.15, 0.2) is 0 Å². The molecule has 2 aromatic heterocycles. The number of rotatable bonds is 1. The first-order chi connectivity index (χ1) is 7.43. The fourth-order valence-corrected chi connectivity index (χ4v) is 3.20. The van der Waals surface area contributed by atoms with Crippen molar-refractivity contribution in [1.29, 1.82) is 0 Å². The van der Waals surface area contributed by atoms with Crippen molar-refractivity contribution >= 4 is 26.6 Å². The van der Waals surface area contributed by atoms with Crippen LogP contribution in [0.25, 0.3) is 10.2 Å². The quantitative estimate of drug-likeness (QED) is 0.730. The van der Waals surface area contributed by atoms with Crippen LogP contribution in [-0.2, 0) is 0 Å². The van der Waals surface area contributed by atoms with Crippen LogP contribution in [-0.4, -0.2) is 18.1 Å². The second-order valence-electron chi connectivity index (χ2n) is 4.02. The highest BCUT2D eigenvalue weighted by atomic mass is 32.1. The third kappa shape index (κ3) is 1.72. The summed E-state index contributed by atoms with van der Waals surface area (Å²) in [6.07, 6.45) is 5.93. The van der Waals surface area contributed by atoms with E-state index in [1.165, 1.54) is 42.1 Å². The summed E-state index contributed by atoms with van der Waals surface area (Å²) in [6.45, 7) is 2.43. The fourth-order valence-electron chi connectivity index (χ4n) is 2.13. The van der Waals surface area contributed by atoms with Crippen molar-refractivity contribution in [2.45, 2.75) is 19.3 Å².